The van der Waals surface area contributed by atoms with E-state index < -0.39 is 6.04 Å². The topological polar surface area (TPSA) is 68.0 Å². The highest BCUT2D eigenvalue weighted by atomic mass is 35.5. The Balaban J connectivity index is 1.58. The third kappa shape index (κ3) is 4.70. The van der Waals surface area contributed by atoms with E-state index in [0.29, 0.717) is 16.8 Å². The molecule has 0 fully saturated rings. The summed E-state index contributed by atoms with van der Waals surface area (Å²) in [6.07, 6.45) is 0.222. The number of amides is 1. The third-order valence-electron chi connectivity index (χ3n) is 4.42. The summed E-state index contributed by atoms with van der Waals surface area (Å²) in [5.74, 6) is 0.591. The Bertz CT molecular complexity index is 1080. The van der Waals surface area contributed by atoms with E-state index >= 15 is 0 Å². The fourth-order valence-electron chi connectivity index (χ4n) is 2.98. The number of hydrogen-bond donors (Lipinski definition) is 1. The monoisotopic (exact) mass is 403 g/mol. The van der Waals surface area contributed by atoms with Crippen molar-refractivity contribution in [3.8, 4) is 11.5 Å². The molecular formula is C23H18ClN3O2. The number of benzene rings is 3. The van der Waals surface area contributed by atoms with Gasteiger partial charge in [0.2, 0.25) is 17.7 Å². The number of carbonyl (C=O) groups excluding carboxylic acids is 1. The van der Waals surface area contributed by atoms with Crippen molar-refractivity contribution in [1.82, 2.24) is 15.5 Å². The molecule has 0 bridgehead atoms. The van der Waals surface area contributed by atoms with Gasteiger partial charge in [-0.05, 0) is 35.4 Å². The van der Waals surface area contributed by atoms with Crippen LogP contribution in [-0.2, 0) is 11.2 Å². The molecule has 3 aromatic carbocycles. The van der Waals surface area contributed by atoms with E-state index in [9.17, 15) is 4.79 Å². The molecule has 0 aliphatic rings. The lowest BCUT2D eigenvalue weighted by molar-refractivity contribution is -0.121. The van der Waals surface area contributed by atoms with Gasteiger partial charge in [-0.1, -0.05) is 72.3 Å². The van der Waals surface area contributed by atoms with Gasteiger partial charge < -0.3 is 9.73 Å². The Labute approximate surface area is 173 Å². The van der Waals surface area contributed by atoms with Gasteiger partial charge in [-0.25, -0.2) is 0 Å². The van der Waals surface area contributed by atoms with Gasteiger partial charge in [-0.15, -0.1) is 10.2 Å². The van der Waals surface area contributed by atoms with E-state index in [4.69, 9.17) is 16.0 Å². The molecule has 1 amide bonds. The van der Waals surface area contributed by atoms with Crippen molar-refractivity contribution < 1.29 is 9.21 Å². The number of halogens is 1. The Morgan fingerprint density at radius 3 is 2.24 bits per heavy atom. The van der Waals surface area contributed by atoms with Crippen molar-refractivity contribution in [1.29, 1.82) is 0 Å². The second-order valence-corrected chi connectivity index (χ2v) is 6.96. The summed E-state index contributed by atoms with van der Waals surface area (Å²) in [5, 5.41) is 12.0. The molecule has 0 saturated carbocycles. The predicted molar refractivity (Wildman–Crippen MR) is 111 cm³/mol. The molecule has 0 saturated heterocycles. The van der Waals surface area contributed by atoms with Gasteiger partial charge in [0, 0.05) is 10.6 Å². The van der Waals surface area contributed by atoms with Gasteiger partial charge in [-0.3, -0.25) is 4.79 Å². The van der Waals surface area contributed by atoms with Gasteiger partial charge in [0.25, 0.3) is 0 Å². The summed E-state index contributed by atoms with van der Waals surface area (Å²) in [6, 6.07) is 25.7. The molecule has 1 aromatic heterocycles. The predicted octanol–water partition coefficient (Wildman–Crippen LogP) is 4.84. The van der Waals surface area contributed by atoms with E-state index in [0.717, 1.165) is 16.7 Å². The maximum absolute atomic E-state index is 12.7. The highest BCUT2D eigenvalue weighted by Crippen LogP contribution is 2.25. The summed E-state index contributed by atoms with van der Waals surface area (Å²) in [7, 11) is 0. The Hall–Kier alpha value is -3.44. The molecular weight excluding hydrogens is 386 g/mol. The van der Waals surface area contributed by atoms with Crippen molar-refractivity contribution >= 4 is 17.5 Å². The van der Waals surface area contributed by atoms with Crippen molar-refractivity contribution in [3.05, 3.63) is 107 Å². The number of rotatable bonds is 6. The zero-order valence-electron chi connectivity index (χ0n) is 15.5. The van der Waals surface area contributed by atoms with Crippen LogP contribution in [-0.4, -0.2) is 16.1 Å². The maximum atomic E-state index is 12.7. The number of aromatic nitrogens is 2. The molecule has 5 nitrogen and oxygen atoms in total. The first-order valence-electron chi connectivity index (χ1n) is 9.16. The molecule has 1 atom stereocenters. The molecule has 0 aliphatic carbocycles. The highest BCUT2D eigenvalue weighted by molar-refractivity contribution is 6.30. The van der Waals surface area contributed by atoms with Gasteiger partial charge in [0.1, 0.15) is 6.04 Å². The zero-order chi connectivity index (χ0) is 20.1. The average molecular weight is 404 g/mol. The number of nitrogens with zero attached hydrogens (tertiary/aromatic N) is 2. The number of carbonyl (C=O) groups is 1. The van der Waals surface area contributed by atoms with Crippen LogP contribution in [0.4, 0.5) is 0 Å². The summed E-state index contributed by atoms with van der Waals surface area (Å²) in [6.45, 7) is 0. The quantitative estimate of drug-likeness (QED) is 0.500. The standard InChI is InChI=1S/C23H18ClN3O2/c24-19-13-11-16(12-14-19)15-20(28)25-21(17-7-3-1-4-8-17)23-27-26-22(29-23)18-9-5-2-6-10-18/h1-14,21H,15H2,(H,25,28)/t21-/m1/s1. The lowest BCUT2D eigenvalue weighted by atomic mass is 10.1. The van der Waals surface area contributed by atoms with E-state index in [2.05, 4.69) is 15.5 Å². The molecule has 1 heterocycles. The van der Waals surface area contributed by atoms with Crippen LogP contribution in [0.15, 0.2) is 89.3 Å². The Kier molecular flexibility index (Phi) is 5.68. The Morgan fingerprint density at radius 2 is 1.55 bits per heavy atom. The Morgan fingerprint density at radius 1 is 0.897 bits per heavy atom. The van der Waals surface area contributed by atoms with Crippen LogP contribution in [0, 0.1) is 0 Å². The molecule has 0 spiro atoms. The minimum absolute atomic E-state index is 0.152. The van der Waals surface area contributed by atoms with Crippen LogP contribution in [0.2, 0.25) is 5.02 Å². The van der Waals surface area contributed by atoms with Crippen LogP contribution >= 0.6 is 11.6 Å². The fourth-order valence-corrected chi connectivity index (χ4v) is 3.11. The molecule has 0 unspecified atom stereocenters. The molecule has 1 N–H and O–H groups in total. The highest BCUT2D eigenvalue weighted by Gasteiger charge is 2.23. The van der Waals surface area contributed by atoms with Crippen molar-refractivity contribution in [3.63, 3.8) is 0 Å². The molecule has 4 aromatic rings. The fraction of sp³-hybridized carbons (Fsp3) is 0.0870. The molecule has 6 heteroatoms. The summed E-state index contributed by atoms with van der Waals surface area (Å²) < 4.78 is 5.90. The zero-order valence-corrected chi connectivity index (χ0v) is 16.2. The van der Waals surface area contributed by atoms with Crippen LogP contribution in [0.3, 0.4) is 0 Å². The molecule has 4 rings (SSSR count). The molecule has 0 aliphatic heterocycles. The summed E-state index contributed by atoms with van der Waals surface area (Å²) in [5.41, 5.74) is 2.56. The molecule has 29 heavy (non-hydrogen) atoms. The third-order valence-corrected chi connectivity index (χ3v) is 4.68. The van der Waals surface area contributed by atoms with Crippen LogP contribution in [0.5, 0.6) is 0 Å². The van der Waals surface area contributed by atoms with E-state index in [1.165, 1.54) is 0 Å². The number of nitrogens with one attached hydrogen (secondary N) is 1. The van der Waals surface area contributed by atoms with Crippen molar-refractivity contribution in [2.24, 2.45) is 0 Å². The second kappa shape index (κ2) is 8.71. The SMILES string of the molecule is O=C(Cc1ccc(Cl)cc1)N[C@H](c1ccccc1)c1nnc(-c2ccccc2)o1. The van der Waals surface area contributed by atoms with Crippen LogP contribution in [0.1, 0.15) is 23.1 Å². The largest absolute Gasteiger partial charge is 0.418 e. The first-order valence-corrected chi connectivity index (χ1v) is 9.54. The lowest BCUT2D eigenvalue weighted by Gasteiger charge is -2.16. The number of hydrogen-bond acceptors (Lipinski definition) is 4. The van der Waals surface area contributed by atoms with E-state index in [1.807, 2.05) is 72.8 Å². The minimum Gasteiger partial charge on any atom is -0.418 e. The van der Waals surface area contributed by atoms with Crippen molar-refractivity contribution in [2.45, 2.75) is 12.5 Å². The van der Waals surface area contributed by atoms with Gasteiger partial charge in [-0.2, -0.15) is 0 Å². The smallest absolute Gasteiger partial charge is 0.247 e. The van der Waals surface area contributed by atoms with Gasteiger partial charge in [0.15, 0.2) is 0 Å². The minimum atomic E-state index is -0.541. The molecule has 0 radical (unpaired) electrons. The van der Waals surface area contributed by atoms with E-state index in [-0.39, 0.29) is 12.3 Å². The second-order valence-electron chi connectivity index (χ2n) is 6.53. The maximum Gasteiger partial charge on any atom is 0.247 e. The lowest BCUT2D eigenvalue weighted by Crippen LogP contribution is -2.30. The van der Waals surface area contributed by atoms with Crippen molar-refractivity contribution in [2.75, 3.05) is 0 Å². The normalized spacial score (nSPS) is 11.8. The first-order chi connectivity index (χ1) is 14.2. The van der Waals surface area contributed by atoms with E-state index in [1.54, 1.807) is 12.1 Å². The first kappa shape index (κ1) is 18.9. The van der Waals surface area contributed by atoms with Gasteiger partial charge in [0.05, 0.1) is 6.42 Å². The average Bonchev–Trinajstić information content (AvgIpc) is 3.25. The van der Waals surface area contributed by atoms with Gasteiger partial charge >= 0.3 is 0 Å². The van der Waals surface area contributed by atoms with Crippen LogP contribution < -0.4 is 5.32 Å². The molecule has 144 valence electrons. The van der Waals surface area contributed by atoms with Crippen LogP contribution in [0.25, 0.3) is 11.5 Å². The summed E-state index contributed by atoms with van der Waals surface area (Å²) in [4.78, 5) is 12.7. The summed E-state index contributed by atoms with van der Waals surface area (Å²) >= 11 is 5.92.